The van der Waals surface area contributed by atoms with Gasteiger partial charge in [-0.2, -0.15) is 4.99 Å². The molecule has 1 aromatic heterocycles. The molecular weight excluding hydrogens is 420 g/mol. The molecule has 1 amide bonds. The molecule has 0 N–H and O–H groups in total. The van der Waals surface area contributed by atoms with E-state index in [2.05, 4.69) is 4.99 Å². The fraction of sp³-hybridized carbons (Fsp3) is 0.263. The molecular formula is C19H19ClN2O4S2. The summed E-state index contributed by atoms with van der Waals surface area (Å²) in [6, 6.07) is 11.8. The number of benzene rings is 2. The fourth-order valence-corrected chi connectivity index (χ4v) is 4.69. The van der Waals surface area contributed by atoms with Gasteiger partial charge in [0.2, 0.25) is 0 Å². The summed E-state index contributed by atoms with van der Waals surface area (Å²) in [6.07, 6.45) is 1.23. The third-order valence-corrected chi connectivity index (χ3v) is 6.50. The number of ether oxygens (including phenoxy) is 1. The van der Waals surface area contributed by atoms with E-state index < -0.39 is 9.84 Å². The Morgan fingerprint density at radius 3 is 2.57 bits per heavy atom. The van der Waals surface area contributed by atoms with Crippen LogP contribution in [-0.2, 0) is 32.3 Å². The van der Waals surface area contributed by atoms with Crippen molar-refractivity contribution < 1.29 is 17.9 Å². The fourth-order valence-electron chi connectivity index (χ4n) is 2.71. The summed E-state index contributed by atoms with van der Waals surface area (Å²) < 4.78 is 31.1. The highest BCUT2D eigenvalue weighted by Gasteiger charge is 2.10. The molecule has 0 saturated heterocycles. The molecule has 148 valence electrons. The number of rotatable bonds is 6. The number of sulfone groups is 1. The predicted molar refractivity (Wildman–Crippen MR) is 111 cm³/mol. The minimum absolute atomic E-state index is 0.0866. The number of hydrogen-bond donors (Lipinski definition) is 0. The lowest BCUT2D eigenvalue weighted by molar-refractivity contribution is -0.117. The van der Waals surface area contributed by atoms with Crippen molar-refractivity contribution in [1.82, 2.24) is 4.57 Å². The lowest BCUT2D eigenvalue weighted by Crippen LogP contribution is -2.19. The predicted octanol–water partition coefficient (Wildman–Crippen LogP) is 3.08. The molecule has 0 spiro atoms. The maximum absolute atomic E-state index is 12.5. The van der Waals surface area contributed by atoms with E-state index in [1.807, 2.05) is 16.7 Å². The molecule has 2 aromatic carbocycles. The van der Waals surface area contributed by atoms with Crippen LogP contribution in [0.5, 0.6) is 0 Å². The average Bonchev–Trinajstić information content (AvgIpc) is 2.95. The summed E-state index contributed by atoms with van der Waals surface area (Å²) in [5, 5.41) is 0.622. The van der Waals surface area contributed by atoms with Gasteiger partial charge in [-0.15, -0.1) is 0 Å². The van der Waals surface area contributed by atoms with Gasteiger partial charge in [0, 0.05) is 24.9 Å². The van der Waals surface area contributed by atoms with Gasteiger partial charge in [-0.1, -0.05) is 35.1 Å². The summed E-state index contributed by atoms with van der Waals surface area (Å²) in [5.41, 5.74) is 1.64. The monoisotopic (exact) mass is 438 g/mol. The molecule has 0 aliphatic heterocycles. The minimum Gasteiger partial charge on any atom is -0.383 e. The normalized spacial score (nSPS) is 12.6. The van der Waals surface area contributed by atoms with Crippen LogP contribution in [0.25, 0.3) is 10.2 Å². The quantitative estimate of drug-likeness (QED) is 0.592. The van der Waals surface area contributed by atoms with Crippen LogP contribution < -0.4 is 4.80 Å². The molecule has 3 rings (SSSR count). The van der Waals surface area contributed by atoms with Crippen molar-refractivity contribution in [1.29, 1.82) is 0 Å². The van der Waals surface area contributed by atoms with Gasteiger partial charge in [-0.25, -0.2) is 8.42 Å². The van der Waals surface area contributed by atoms with Crippen LogP contribution in [0.4, 0.5) is 0 Å². The van der Waals surface area contributed by atoms with E-state index in [0.29, 0.717) is 28.5 Å². The number of nitrogens with zero attached hydrogens (tertiary/aromatic N) is 2. The van der Waals surface area contributed by atoms with Crippen LogP contribution in [-0.4, -0.2) is 38.9 Å². The maximum atomic E-state index is 12.5. The van der Waals surface area contributed by atoms with Gasteiger partial charge in [0.1, 0.15) is 0 Å². The van der Waals surface area contributed by atoms with Crippen LogP contribution >= 0.6 is 22.9 Å². The Morgan fingerprint density at radius 2 is 1.93 bits per heavy atom. The van der Waals surface area contributed by atoms with E-state index in [1.165, 1.54) is 23.5 Å². The summed E-state index contributed by atoms with van der Waals surface area (Å²) in [5.74, 6) is -0.309. The number of methoxy groups -OCH3 is 1. The Hall–Kier alpha value is -2.00. The molecule has 0 bridgehead atoms. The zero-order chi connectivity index (χ0) is 20.3. The second-order valence-corrected chi connectivity index (χ2v) is 9.70. The molecule has 0 atom stereocenters. The van der Waals surface area contributed by atoms with Crippen LogP contribution in [0.15, 0.2) is 52.4 Å². The number of halogens is 1. The van der Waals surface area contributed by atoms with Crippen molar-refractivity contribution in [3.05, 3.63) is 57.9 Å². The first-order chi connectivity index (χ1) is 13.3. The molecule has 1 heterocycles. The van der Waals surface area contributed by atoms with Crippen molar-refractivity contribution in [3.63, 3.8) is 0 Å². The van der Waals surface area contributed by atoms with Crippen LogP contribution in [0, 0.1) is 0 Å². The van der Waals surface area contributed by atoms with Gasteiger partial charge in [0.05, 0.1) is 28.1 Å². The molecule has 0 aliphatic rings. The standard InChI is InChI=1S/C19H19ClN2O4S2/c1-26-10-9-22-16-8-5-14(20)12-17(16)27-19(22)21-18(23)11-13-3-6-15(7-4-13)28(2,24)25/h3-8,12H,9-11H2,1-2H3. The molecule has 28 heavy (non-hydrogen) atoms. The summed E-state index contributed by atoms with van der Waals surface area (Å²) in [6.45, 7) is 1.05. The minimum atomic E-state index is -3.26. The lowest BCUT2D eigenvalue weighted by atomic mass is 10.1. The molecule has 6 nitrogen and oxygen atoms in total. The summed E-state index contributed by atoms with van der Waals surface area (Å²) in [4.78, 5) is 17.6. The Bertz CT molecular complexity index is 1180. The number of amides is 1. The highest BCUT2D eigenvalue weighted by Crippen LogP contribution is 2.22. The molecule has 0 radical (unpaired) electrons. The average molecular weight is 439 g/mol. The molecule has 0 aliphatic carbocycles. The number of thiazole rings is 1. The first kappa shape index (κ1) is 20.7. The third kappa shape index (κ3) is 4.88. The van der Waals surface area contributed by atoms with Crippen molar-refractivity contribution in [2.45, 2.75) is 17.9 Å². The maximum Gasteiger partial charge on any atom is 0.252 e. The van der Waals surface area contributed by atoms with Crippen molar-refractivity contribution in [3.8, 4) is 0 Å². The largest absolute Gasteiger partial charge is 0.383 e. The number of hydrogen-bond acceptors (Lipinski definition) is 5. The zero-order valence-electron chi connectivity index (χ0n) is 15.4. The van der Waals surface area contributed by atoms with Gasteiger partial charge in [-0.05, 0) is 35.9 Å². The second kappa shape index (κ2) is 8.57. The van der Waals surface area contributed by atoms with E-state index in [0.717, 1.165) is 16.5 Å². The smallest absolute Gasteiger partial charge is 0.252 e. The van der Waals surface area contributed by atoms with Crippen molar-refractivity contribution in [2.24, 2.45) is 4.99 Å². The van der Waals surface area contributed by atoms with Crippen LogP contribution in [0.3, 0.4) is 0 Å². The SMILES string of the molecule is COCCn1c(=NC(=O)Cc2ccc(S(C)(=O)=O)cc2)sc2cc(Cl)ccc21. The van der Waals surface area contributed by atoms with Gasteiger partial charge in [0.25, 0.3) is 5.91 Å². The molecule has 3 aromatic rings. The van der Waals surface area contributed by atoms with E-state index in [4.69, 9.17) is 16.3 Å². The highest BCUT2D eigenvalue weighted by molar-refractivity contribution is 7.90. The van der Waals surface area contributed by atoms with Crippen LogP contribution in [0.2, 0.25) is 5.02 Å². The third-order valence-electron chi connectivity index (χ3n) is 4.09. The van der Waals surface area contributed by atoms with Gasteiger partial charge >= 0.3 is 0 Å². The second-order valence-electron chi connectivity index (χ2n) is 6.24. The summed E-state index contributed by atoms with van der Waals surface area (Å²) in [7, 11) is -1.64. The van der Waals surface area contributed by atoms with Gasteiger partial charge < -0.3 is 9.30 Å². The number of carbonyl (C=O) groups excluding carboxylic acids is 1. The highest BCUT2D eigenvalue weighted by atomic mass is 35.5. The van der Waals surface area contributed by atoms with Crippen molar-refractivity contribution >= 4 is 48.9 Å². The molecule has 0 unspecified atom stereocenters. The molecule has 9 heteroatoms. The topological polar surface area (TPSA) is 77.7 Å². The van der Waals surface area contributed by atoms with Crippen LogP contribution in [0.1, 0.15) is 5.56 Å². The lowest BCUT2D eigenvalue weighted by Gasteiger charge is -2.04. The number of fused-ring (bicyclic) bond motifs is 1. The number of carbonyl (C=O) groups is 1. The Labute approximate surface area is 172 Å². The van der Waals surface area contributed by atoms with E-state index in [-0.39, 0.29) is 17.2 Å². The van der Waals surface area contributed by atoms with Crippen molar-refractivity contribution in [2.75, 3.05) is 20.0 Å². The Balaban J connectivity index is 1.91. The molecule has 0 saturated carbocycles. The zero-order valence-corrected chi connectivity index (χ0v) is 17.8. The van der Waals surface area contributed by atoms with Gasteiger partial charge in [0.15, 0.2) is 14.6 Å². The molecule has 0 fully saturated rings. The Morgan fingerprint density at radius 1 is 1.21 bits per heavy atom. The Kier molecular flexibility index (Phi) is 6.34. The van der Waals surface area contributed by atoms with Gasteiger partial charge in [-0.3, -0.25) is 4.79 Å². The first-order valence-electron chi connectivity index (χ1n) is 8.42. The summed E-state index contributed by atoms with van der Waals surface area (Å²) >= 11 is 7.46. The van der Waals surface area contributed by atoms with E-state index in [1.54, 1.807) is 25.3 Å². The van der Waals surface area contributed by atoms with E-state index >= 15 is 0 Å². The van der Waals surface area contributed by atoms with E-state index in [9.17, 15) is 13.2 Å². The number of aromatic nitrogens is 1. The first-order valence-corrected chi connectivity index (χ1v) is 11.5.